The molecular weight excluding hydrogens is 256 g/mol. The average molecular weight is 276 g/mol. The van der Waals surface area contributed by atoms with Crippen molar-refractivity contribution in [1.82, 2.24) is 10.3 Å². The monoisotopic (exact) mass is 276 g/mol. The minimum atomic E-state index is -1.39. The van der Waals surface area contributed by atoms with Gasteiger partial charge in [0.1, 0.15) is 20.4 Å². The van der Waals surface area contributed by atoms with E-state index in [0.29, 0.717) is 6.54 Å². The molecular formula is C14H20N2O2Si. The molecule has 0 saturated carbocycles. The Morgan fingerprint density at radius 3 is 2.79 bits per heavy atom. The Bertz CT molecular complexity index is 498. The first-order valence-corrected chi connectivity index (χ1v) is 9.65. The summed E-state index contributed by atoms with van der Waals surface area (Å²) < 4.78 is 4.74. The second kappa shape index (κ2) is 7.07. The predicted molar refractivity (Wildman–Crippen MR) is 78.2 cm³/mol. The molecule has 1 rings (SSSR count). The third-order valence-electron chi connectivity index (χ3n) is 2.11. The molecule has 0 spiro atoms. The van der Waals surface area contributed by atoms with Crippen LogP contribution in [0.1, 0.15) is 11.4 Å². The van der Waals surface area contributed by atoms with Crippen LogP contribution in [0.2, 0.25) is 19.6 Å². The molecule has 4 nitrogen and oxygen atoms in total. The molecule has 1 amide bonds. The van der Waals surface area contributed by atoms with Crippen molar-refractivity contribution in [3.63, 3.8) is 0 Å². The van der Waals surface area contributed by atoms with Crippen molar-refractivity contribution in [2.45, 2.75) is 26.2 Å². The fourth-order valence-corrected chi connectivity index (χ4v) is 1.77. The van der Waals surface area contributed by atoms with Crippen LogP contribution in [0.3, 0.4) is 0 Å². The molecule has 1 heterocycles. The molecule has 0 atom stereocenters. The zero-order valence-corrected chi connectivity index (χ0v) is 12.9. The van der Waals surface area contributed by atoms with Gasteiger partial charge in [-0.2, -0.15) is 0 Å². The van der Waals surface area contributed by atoms with E-state index in [0.717, 1.165) is 11.4 Å². The highest BCUT2D eigenvalue weighted by Gasteiger charge is 2.07. The molecule has 0 aromatic carbocycles. The van der Waals surface area contributed by atoms with Gasteiger partial charge in [-0.25, -0.2) is 4.98 Å². The Hall–Kier alpha value is -1.64. The van der Waals surface area contributed by atoms with Gasteiger partial charge in [0.05, 0.1) is 12.2 Å². The highest BCUT2D eigenvalue weighted by atomic mass is 28.3. The zero-order valence-electron chi connectivity index (χ0n) is 11.9. The number of amides is 1. The van der Waals surface area contributed by atoms with Gasteiger partial charge in [-0.05, 0) is 12.1 Å². The van der Waals surface area contributed by atoms with Crippen molar-refractivity contribution >= 4 is 14.0 Å². The summed E-state index contributed by atoms with van der Waals surface area (Å²) in [7, 11) is 0.0986. The number of ether oxygens (including phenoxy) is 1. The molecule has 1 N–H and O–H groups in total. The molecule has 0 aliphatic rings. The molecule has 1 aromatic rings. The van der Waals surface area contributed by atoms with Crippen molar-refractivity contribution in [2.75, 3.05) is 13.7 Å². The van der Waals surface area contributed by atoms with Gasteiger partial charge in [0.2, 0.25) is 5.91 Å². The number of hydrogen-bond acceptors (Lipinski definition) is 3. The molecule has 0 saturated heterocycles. The zero-order chi connectivity index (χ0) is 14.3. The van der Waals surface area contributed by atoms with E-state index in [2.05, 4.69) is 41.4 Å². The first-order chi connectivity index (χ1) is 8.90. The Kier molecular flexibility index (Phi) is 5.74. The van der Waals surface area contributed by atoms with Crippen LogP contribution in [0.5, 0.6) is 0 Å². The van der Waals surface area contributed by atoms with Crippen LogP contribution in [0, 0.1) is 11.5 Å². The van der Waals surface area contributed by atoms with Crippen LogP contribution in [0.25, 0.3) is 0 Å². The lowest BCUT2D eigenvalue weighted by atomic mass is 10.3. The quantitative estimate of drug-likeness (QED) is 0.671. The summed E-state index contributed by atoms with van der Waals surface area (Å²) in [6.45, 7) is 7.03. The first kappa shape index (κ1) is 15.4. The molecule has 102 valence electrons. The van der Waals surface area contributed by atoms with Crippen LogP contribution in [-0.4, -0.2) is 32.7 Å². The normalized spacial score (nSPS) is 10.5. The topological polar surface area (TPSA) is 51.2 Å². The largest absolute Gasteiger partial charge is 0.375 e. The summed E-state index contributed by atoms with van der Waals surface area (Å²) in [4.78, 5) is 15.7. The van der Waals surface area contributed by atoms with Crippen molar-refractivity contribution in [3.05, 3.63) is 29.6 Å². The lowest BCUT2D eigenvalue weighted by molar-refractivity contribution is -0.124. The van der Waals surface area contributed by atoms with Gasteiger partial charge in [0, 0.05) is 7.11 Å². The Morgan fingerprint density at radius 1 is 1.42 bits per heavy atom. The van der Waals surface area contributed by atoms with E-state index < -0.39 is 8.07 Å². The van der Waals surface area contributed by atoms with Gasteiger partial charge in [0.15, 0.2) is 0 Å². The number of hydrogen-bond donors (Lipinski definition) is 1. The number of methoxy groups -OCH3 is 1. The van der Waals surface area contributed by atoms with E-state index in [1.807, 2.05) is 18.2 Å². The fraction of sp³-hybridized carbons (Fsp3) is 0.429. The number of carbonyl (C=O) groups excluding carboxylic acids is 1. The maximum atomic E-state index is 11.3. The summed E-state index contributed by atoms with van der Waals surface area (Å²) in [5, 5.41) is 2.73. The van der Waals surface area contributed by atoms with Gasteiger partial charge in [-0.15, -0.1) is 5.54 Å². The molecule has 19 heavy (non-hydrogen) atoms. The molecule has 0 radical (unpaired) electrons. The van der Waals surface area contributed by atoms with Crippen molar-refractivity contribution in [2.24, 2.45) is 0 Å². The van der Waals surface area contributed by atoms with Gasteiger partial charge in [0.25, 0.3) is 0 Å². The molecule has 1 aromatic heterocycles. The van der Waals surface area contributed by atoms with Crippen LogP contribution in [0.4, 0.5) is 0 Å². The third-order valence-corrected chi connectivity index (χ3v) is 2.99. The van der Waals surface area contributed by atoms with E-state index in [-0.39, 0.29) is 12.5 Å². The number of rotatable bonds is 4. The second-order valence-electron chi connectivity index (χ2n) is 5.22. The summed E-state index contributed by atoms with van der Waals surface area (Å²) in [5.41, 5.74) is 4.82. The summed E-state index contributed by atoms with van der Waals surface area (Å²) >= 11 is 0. The standard InChI is InChI=1S/C14H20N2O2Si/c1-18-11-14(17)15-10-13-7-5-6-12(16-13)8-9-19(2,3)4/h5-7H,10-11H2,1-4H3,(H,15,17). The Morgan fingerprint density at radius 2 is 2.16 bits per heavy atom. The van der Waals surface area contributed by atoms with Gasteiger partial charge >= 0.3 is 0 Å². The maximum absolute atomic E-state index is 11.3. The summed E-state index contributed by atoms with van der Waals surface area (Å²) in [6, 6.07) is 5.65. The minimum absolute atomic E-state index is 0.0646. The lowest BCUT2D eigenvalue weighted by Gasteiger charge is -2.05. The number of pyridine rings is 1. The molecule has 0 unspecified atom stereocenters. The second-order valence-corrected chi connectivity index (χ2v) is 9.97. The number of carbonyl (C=O) groups is 1. The third kappa shape index (κ3) is 6.75. The highest BCUT2D eigenvalue weighted by molar-refractivity contribution is 6.83. The summed E-state index contributed by atoms with van der Waals surface area (Å²) in [6.07, 6.45) is 0. The SMILES string of the molecule is COCC(=O)NCc1cccc(C#C[Si](C)(C)C)n1. The number of nitrogens with one attached hydrogen (secondary N) is 1. The van der Waals surface area contributed by atoms with Crippen molar-refractivity contribution in [1.29, 1.82) is 0 Å². The Labute approximate surface area is 115 Å². The van der Waals surface area contributed by atoms with E-state index in [4.69, 9.17) is 4.74 Å². The van der Waals surface area contributed by atoms with E-state index in [9.17, 15) is 4.79 Å². The number of aromatic nitrogens is 1. The molecule has 0 aliphatic heterocycles. The molecule has 0 fully saturated rings. The van der Waals surface area contributed by atoms with Gasteiger partial charge in [-0.3, -0.25) is 4.79 Å². The molecule has 0 aliphatic carbocycles. The number of nitrogens with zero attached hydrogens (tertiary/aromatic N) is 1. The fourth-order valence-electron chi connectivity index (χ4n) is 1.27. The average Bonchev–Trinajstić information content (AvgIpc) is 2.34. The maximum Gasteiger partial charge on any atom is 0.246 e. The first-order valence-electron chi connectivity index (χ1n) is 6.15. The molecule has 5 heteroatoms. The molecule has 0 bridgehead atoms. The van der Waals surface area contributed by atoms with E-state index >= 15 is 0 Å². The van der Waals surface area contributed by atoms with Gasteiger partial charge in [-0.1, -0.05) is 31.6 Å². The van der Waals surface area contributed by atoms with Crippen LogP contribution in [0.15, 0.2) is 18.2 Å². The van der Waals surface area contributed by atoms with Crippen LogP contribution >= 0.6 is 0 Å². The van der Waals surface area contributed by atoms with Crippen molar-refractivity contribution in [3.8, 4) is 11.5 Å². The minimum Gasteiger partial charge on any atom is -0.375 e. The lowest BCUT2D eigenvalue weighted by Crippen LogP contribution is -2.26. The highest BCUT2D eigenvalue weighted by Crippen LogP contribution is 2.01. The smallest absolute Gasteiger partial charge is 0.246 e. The van der Waals surface area contributed by atoms with Crippen LogP contribution in [-0.2, 0) is 16.1 Å². The van der Waals surface area contributed by atoms with Crippen molar-refractivity contribution < 1.29 is 9.53 Å². The van der Waals surface area contributed by atoms with Gasteiger partial charge < -0.3 is 10.1 Å². The van der Waals surface area contributed by atoms with E-state index in [1.165, 1.54) is 7.11 Å². The summed E-state index contributed by atoms with van der Waals surface area (Å²) in [5.74, 6) is 2.95. The van der Waals surface area contributed by atoms with Crippen LogP contribution < -0.4 is 5.32 Å². The van der Waals surface area contributed by atoms with E-state index in [1.54, 1.807) is 0 Å². The Balaban J connectivity index is 2.66. The predicted octanol–water partition coefficient (Wildman–Crippen LogP) is 1.57.